The molecule has 1 heterocycles. The lowest BCUT2D eigenvalue weighted by Crippen LogP contribution is -2.30. The number of hydrogen-bond acceptors (Lipinski definition) is 4. The Kier molecular flexibility index (Phi) is 6.29. The highest BCUT2D eigenvalue weighted by Crippen LogP contribution is 2.42. The Bertz CT molecular complexity index is 1440. The van der Waals surface area contributed by atoms with Gasteiger partial charge in [-0.2, -0.15) is 9.78 Å². The van der Waals surface area contributed by atoms with Crippen LogP contribution < -0.4 is 10.6 Å². The Balaban J connectivity index is 1.39. The summed E-state index contributed by atoms with van der Waals surface area (Å²) in [6.45, 7) is 4.37. The van der Waals surface area contributed by atoms with Crippen LogP contribution in [0, 0.1) is 13.8 Å². The molecule has 5 rings (SSSR count). The topological polar surface area (TPSA) is 96.2 Å². The Labute approximate surface area is 209 Å². The molecule has 3 N–H and O–H groups in total. The van der Waals surface area contributed by atoms with E-state index in [2.05, 4.69) is 15.7 Å². The fraction of sp³-hybridized carbons (Fsp3) is 0.207. The van der Waals surface area contributed by atoms with Crippen molar-refractivity contribution in [1.82, 2.24) is 15.1 Å². The molecule has 7 nitrogen and oxygen atoms in total. The number of aromatic nitrogens is 2. The van der Waals surface area contributed by atoms with Gasteiger partial charge in [0, 0.05) is 29.3 Å². The lowest BCUT2D eigenvalue weighted by molar-refractivity contribution is 0.102. The van der Waals surface area contributed by atoms with Crippen LogP contribution in [0.1, 0.15) is 51.5 Å². The van der Waals surface area contributed by atoms with Gasteiger partial charge in [0.05, 0.1) is 11.4 Å². The van der Waals surface area contributed by atoms with Crippen LogP contribution in [0.15, 0.2) is 72.8 Å². The summed E-state index contributed by atoms with van der Waals surface area (Å²) >= 11 is 0. The molecule has 0 spiro atoms. The van der Waals surface area contributed by atoms with Crippen molar-refractivity contribution in [2.24, 2.45) is 0 Å². The first kappa shape index (κ1) is 23.4. The van der Waals surface area contributed by atoms with E-state index in [0.717, 1.165) is 35.2 Å². The monoisotopic (exact) mass is 480 g/mol. The molecule has 0 radical (unpaired) electrons. The van der Waals surface area contributed by atoms with Crippen molar-refractivity contribution in [2.75, 3.05) is 5.32 Å². The molecule has 182 valence electrons. The van der Waals surface area contributed by atoms with Gasteiger partial charge in [-0.15, -0.1) is 0 Å². The highest BCUT2D eigenvalue weighted by molar-refractivity contribution is 6.04. The molecule has 1 aromatic heterocycles. The Morgan fingerprint density at radius 3 is 2.47 bits per heavy atom. The molecule has 0 atom stereocenters. The van der Waals surface area contributed by atoms with Gasteiger partial charge in [-0.25, -0.2) is 4.79 Å². The fourth-order valence-electron chi connectivity index (χ4n) is 4.14. The molecule has 4 aromatic rings. The lowest BCUT2D eigenvalue weighted by Gasteiger charge is -2.10. The third-order valence-corrected chi connectivity index (χ3v) is 6.46. The van der Waals surface area contributed by atoms with E-state index >= 15 is 0 Å². The van der Waals surface area contributed by atoms with E-state index in [1.807, 2.05) is 56.3 Å². The molecule has 1 aliphatic carbocycles. The maximum Gasteiger partial charge on any atom is 0.342 e. The van der Waals surface area contributed by atoms with Crippen molar-refractivity contribution in [3.63, 3.8) is 0 Å². The van der Waals surface area contributed by atoms with Gasteiger partial charge in [-0.3, -0.25) is 4.79 Å². The van der Waals surface area contributed by atoms with Gasteiger partial charge >= 0.3 is 6.03 Å². The molecule has 0 unspecified atom stereocenters. The third kappa shape index (κ3) is 5.00. The number of amides is 2. The number of nitrogens with one attached hydrogen (secondary N) is 2. The van der Waals surface area contributed by atoms with Gasteiger partial charge in [0.25, 0.3) is 5.91 Å². The van der Waals surface area contributed by atoms with Crippen LogP contribution in [-0.2, 0) is 6.54 Å². The van der Waals surface area contributed by atoms with E-state index < -0.39 is 0 Å². The number of hydrogen-bond donors (Lipinski definition) is 3. The maximum atomic E-state index is 13.1. The van der Waals surface area contributed by atoms with Gasteiger partial charge in [-0.1, -0.05) is 42.0 Å². The molecule has 2 amide bonds. The molecular formula is C29H28N4O3. The van der Waals surface area contributed by atoms with Crippen molar-refractivity contribution >= 4 is 17.6 Å². The number of carbonyl (C=O) groups is 2. The third-order valence-electron chi connectivity index (χ3n) is 6.46. The molecule has 0 bridgehead atoms. The summed E-state index contributed by atoms with van der Waals surface area (Å²) in [6.07, 6.45) is 1.99. The fourth-order valence-corrected chi connectivity index (χ4v) is 4.14. The molecule has 0 aliphatic heterocycles. The van der Waals surface area contributed by atoms with Crippen LogP contribution in [0.4, 0.5) is 10.5 Å². The largest absolute Gasteiger partial charge is 0.507 e. The van der Waals surface area contributed by atoms with Crippen molar-refractivity contribution in [2.45, 2.75) is 39.2 Å². The second-order valence-electron chi connectivity index (χ2n) is 9.28. The number of aryl methyl sites for hydroxylation is 2. The summed E-state index contributed by atoms with van der Waals surface area (Å²) in [4.78, 5) is 25.7. The van der Waals surface area contributed by atoms with Crippen molar-refractivity contribution in [1.29, 1.82) is 0 Å². The first-order chi connectivity index (χ1) is 17.4. The van der Waals surface area contributed by atoms with Crippen LogP contribution >= 0.6 is 0 Å². The zero-order valence-electron chi connectivity index (χ0n) is 20.3. The quantitative estimate of drug-likeness (QED) is 0.306. The smallest absolute Gasteiger partial charge is 0.342 e. The van der Waals surface area contributed by atoms with Crippen LogP contribution in [-0.4, -0.2) is 26.8 Å². The van der Waals surface area contributed by atoms with Crippen molar-refractivity contribution < 1.29 is 14.7 Å². The van der Waals surface area contributed by atoms with Crippen LogP contribution in [0.2, 0.25) is 0 Å². The normalized spacial score (nSPS) is 12.8. The second kappa shape index (κ2) is 9.70. The standard InChI is InChI=1S/C29H28N4O3/c1-18-7-9-21(10-8-18)28(35)31-23-13-14-27(34)24(15-23)25-16-26(20-11-12-20)33(32-25)29(36)30-17-22-6-4-3-5-19(22)2/h3-10,13-16,20,34H,11-12,17H2,1-2H3,(H,30,36)(H,31,35). The first-order valence-electron chi connectivity index (χ1n) is 12.0. The number of phenols is 1. The minimum atomic E-state index is -0.310. The van der Waals surface area contributed by atoms with E-state index in [4.69, 9.17) is 0 Å². The summed E-state index contributed by atoms with van der Waals surface area (Å²) in [7, 11) is 0. The summed E-state index contributed by atoms with van der Waals surface area (Å²) in [5, 5.41) is 21.0. The predicted molar refractivity (Wildman–Crippen MR) is 139 cm³/mol. The van der Waals surface area contributed by atoms with Gasteiger partial charge in [0.1, 0.15) is 5.75 Å². The number of benzene rings is 3. The zero-order chi connectivity index (χ0) is 25.2. The SMILES string of the molecule is Cc1ccc(C(=O)Nc2ccc(O)c(-c3cc(C4CC4)n(C(=O)NCc4ccccc4C)n3)c2)cc1. The van der Waals surface area contributed by atoms with Crippen LogP contribution in [0.25, 0.3) is 11.3 Å². The van der Waals surface area contributed by atoms with Gasteiger partial charge in [0.15, 0.2) is 0 Å². The molecule has 1 saturated carbocycles. The van der Waals surface area contributed by atoms with E-state index in [9.17, 15) is 14.7 Å². The van der Waals surface area contributed by atoms with Crippen molar-refractivity contribution in [3.8, 4) is 17.0 Å². The summed E-state index contributed by atoms with van der Waals surface area (Å²) in [6, 6.07) is 21.6. The molecule has 7 heteroatoms. The molecule has 1 fully saturated rings. The van der Waals surface area contributed by atoms with E-state index in [1.165, 1.54) is 10.7 Å². The van der Waals surface area contributed by atoms with E-state index in [0.29, 0.717) is 29.1 Å². The summed E-state index contributed by atoms with van der Waals surface area (Å²) in [5.74, 6) is 0.0455. The van der Waals surface area contributed by atoms with E-state index in [-0.39, 0.29) is 23.6 Å². The van der Waals surface area contributed by atoms with Gasteiger partial charge < -0.3 is 15.7 Å². The summed E-state index contributed by atoms with van der Waals surface area (Å²) in [5.41, 5.74) is 6.04. The number of nitrogens with zero attached hydrogens (tertiary/aromatic N) is 2. The summed E-state index contributed by atoms with van der Waals surface area (Å²) < 4.78 is 1.41. The number of phenolic OH excluding ortho intramolecular Hbond substituents is 1. The molecule has 0 saturated heterocycles. The average molecular weight is 481 g/mol. The van der Waals surface area contributed by atoms with Crippen molar-refractivity contribution in [3.05, 3.63) is 101 Å². The Morgan fingerprint density at radius 1 is 1.00 bits per heavy atom. The molecule has 36 heavy (non-hydrogen) atoms. The number of anilines is 1. The second-order valence-corrected chi connectivity index (χ2v) is 9.28. The van der Waals surface area contributed by atoms with Crippen LogP contribution in [0.3, 0.4) is 0 Å². The lowest BCUT2D eigenvalue weighted by atomic mass is 10.1. The molecular weight excluding hydrogens is 452 g/mol. The van der Waals surface area contributed by atoms with Gasteiger partial charge in [0.2, 0.25) is 0 Å². The minimum Gasteiger partial charge on any atom is -0.507 e. The number of aromatic hydroxyl groups is 1. The zero-order valence-corrected chi connectivity index (χ0v) is 20.3. The molecule has 3 aromatic carbocycles. The Morgan fingerprint density at radius 2 is 1.75 bits per heavy atom. The highest BCUT2D eigenvalue weighted by atomic mass is 16.3. The number of rotatable bonds is 6. The number of carbonyl (C=O) groups excluding carboxylic acids is 2. The van der Waals surface area contributed by atoms with E-state index in [1.54, 1.807) is 24.3 Å². The first-order valence-corrected chi connectivity index (χ1v) is 12.0. The van der Waals surface area contributed by atoms with Gasteiger partial charge in [-0.05, 0) is 74.2 Å². The molecule has 1 aliphatic rings. The Hall–Kier alpha value is -4.39. The predicted octanol–water partition coefficient (Wildman–Crippen LogP) is 5.76. The average Bonchev–Trinajstić information content (AvgIpc) is 3.63. The maximum absolute atomic E-state index is 13.1. The van der Waals surface area contributed by atoms with Crippen LogP contribution in [0.5, 0.6) is 5.75 Å². The minimum absolute atomic E-state index is 0.0238. The highest BCUT2D eigenvalue weighted by Gasteiger charge is 2.31.